The van der Waals surface area contributed by atoms with Gasteiger partial charge in [0.2, 0.25) is 0 Å². The number of aliphatic hydroxyl groups excluding tert-OH is 1. The zero-order valence-corrected chi connectivity index (χ0v) is 11.2. The van der Waals surface area contributed by atoms with Gasteiger partial charge in [-0.25, -0.2) is 15.0 Å². The van der Waals surface area contributed by atoms with Gasteiger partial charge in [0.05, 0.1) is 6.33 Å². The van der Waals surface area contributed by atoms with E-state index < -0.39 is 0 Å². The number of hydrogen-bond donors (Lipinski definition) is 1. The van der Waals surface area contributed by atoms with Crippen LogP contribution in [0, 0.1) is 11.8 Å². The predicted molar refractivity (Wildman–Crippen MR) is 72.9 cm³/mol. The molecule has 0 aromatic carbocycles. The van der Waals surface area contributed by atoms with E-state index in [1.54, 1.807) is 6.33 Å². The average Bonchev–Trinajstić information content (AvgIpc) is 3.02. The highest BCUT2D eigenvalue weighted by Crippen LogP contribution is 2.40. The third-order valence-electron chi connectivity index (χ3n) is 3.97. The molecule has 0 saturated heterocycles. The maximum absolute atomic E-state index is 9.42. The fourth-order valence-electron chi connectivity index (χ4n) is 2.94. The molecule has 3 rings (SSSR count). The van der Waals surface area contributed by atoms with E-state index in [0.717, 1.165) is 18.5 Å². The molecular formula is C13H15ClN4O. The van der Waals surface area contributed by atoms with E-state index in [-0.39, 0.29) is 18.6 Å². The van der Waals surface area contributed by atoms with E-state index in [1.807, 2.05) is 10.6 Å². The third-order valence-corrected chi connectivity index (χ3v) is 4.25. The molecule has 1 fully saturated rings. The number of imidazole rings is 1. The van der Waals surface area contributed by atoms with Crippen molar-refractivity contribution in [2.45, 2.75) is 18.9 Å². The number of allylic oxidation sites excluding steroid dienone is 1. The molecule has 0 unspecified atom stereocenters. The van der Waals surface area contributed by atoms with Crippen LogP contribution in [-0.4, -0.2) is 31.2 Å². The first-order chi connectivity index (χ1) is 9.24. The standard InChI is InChI=1S/C13H15ClN4O/c1-2-8-3-10(4-9(8)5-19)18-7-17-11-12(14)15-6-16-13(11)18/h2,6-10,19H,1,3-5H2/t8-,9+,10-/m0/s1. The number of aliphatic hydroxyl groups is 1. The Balaban J connectivity index is 1.98. The molecule has 0 bridgehead atoms. The van der Waals surface area contributed by atoms with Gasteiger partial charge in [0, 0.05) is 12.6 Å². The molecule has 1 N–H and O–H groups in total. The lowest BCUT2D eigenvalue weighted by molar-refractivity contribution is 0.208. The van der Waals surface area contributed by atoms with Crippen molar-refractivity contribution in [3.05, 3.63) is 30.5 Å². The van der Waals surface area contributed by atoms with Gasteiger partial charge in [-0.2, -0.15) is 0 Å². The lowest BCUT2D eigenvalue weighted by atomic mass is 9.97. The second kappa shape index (κ2) is 4.90. The van der Waals surface area contributed by atoms with Crippen LogP contribution in [0.25, 0.3) is 11.2 Å². The van der Waals surface area contributed by atoms with Gasteiger partial charge in [-0.1, -0.05) is 17.7 Å². The number of hydrogen-bond acceptors (Lipinski definition) is 4. The van der Waals surface area contributed by atoms with Gasteiger partial charge in [0.25, 0.3) is 0 Å². The first kappa shape index (κ1) is 12.6. The lowest BCUT2D eigenvalue weighted by Crippen LogP contribution is -2.09. The van der Waals surface area contributed by atoms with Crippen molar-refractivity contribution in [2.75, 3.05) is 6.61 Å². The molecule has 0 aliphatic heterocycles. The molecule has 100 valence electrons. The van der Waals surface area contributed by atoms with Gasteiger partial charge in [-0.15, -0.1) is 6.58 Å². The van der Waals surface area contributed by atoms with E-state index in [1.165, 1.54) is 6.33 Å². The highest BCUT2D eigenvalue weighted by molar-refractivity contribution is 6.33. The fourth-order valence-corrected chi connectivity index (χ4v) is 3.12. The molecule has 0 amide bonds. The molecule has 1 saturated carbocycles. The molecule has 0 radical (unpaired) electrons. The molecule has 19 heavy (non-hydrogen) atoms. The summed E-state index contributed by atoms with van der Waals surface area (Å²) in [5, 5.41) is 9.80. The van der Waals surface area contributed by atoms with Crippen molar-refractivity contribution in [1.82, 2.24) is 19.5 Å². The SMILES string of the molecule is C=C[C@H]1C[C@H](n2cnc3c(Cl)ncnc32)C[C@@H]1CO. The van der Waals surface area contributed by atoms with Gasteiger partial charge >= 0.3 is 0 Å². The summed E-state index contributed by atoms with van der Waals surface area (Å²) in [5.41, 5.74) is 1.39. The Morgan fingerprint density at radius 3 is 2.95 bits per heavy atom. The molecule has 2 aromatic heterocycles. The second-order valence-corrected chi connectivity index (χ2v) is 5.31. The molecule has 1 aliphatic carbocycles. The summed E-state index contributed by atoms with van der Waals surface area (Å²) in [4.78, 5) is 12.5. The van der Waals surface area contributed by atoms with Gasteiger partial charge in [-0.05, 0) is 24.7 Å². The van der Waals surface area contributed by atoms with Crippen LogP contribution in [0.4, 0.5) is 0 Å². The second-order valence-electron chi connectivity index (χ2n) is 4.96. The van der Waals surface area contributed by atoms with Crippen molar-refractivity contribution in [1.29, 1.82) is 0 Å². The molecule has 5 nitrogen and oxygen atoms in total. The highest BCUT2D eigenvalue weighted by atomic mass is 35.5. The van der Waals surface area contributed by atoms with Crippen LogP contribution in [0.3, 0.4) is 0 Å². The van der Waals surface area contributed by atoms with Crippen molar-refractivity contribution in [3.8, 4) is 0 Å². The fraction of sp³-hybridized carbons (Fsp3) is 0.462. The number of rotatable bonds is 3. The Morgan fingerprint density at radius 2 is 2.26 bits per heavy atom. The Bertz CT molecular complexity index is 612. The zero-order valence-electron chi connectivity index (χ0n) is 10.4. The van der Waals surface area contributed by atoms with Crippen molar-refractivity contribution in [2.24, 2.45) is 11.8 Å². The van der Waals surface area contributed by atoms with Crippen LogP contribution in [0.1, 0.15) is 18.9 Å². The van der Waals surface area contributed by atoms with E-state index in [2.05, 4.69) is 21.5 Å². The van der Waals surface area contributed by atoms with Crippen LogP contribution in [-0.2, 0) is 0 Å². The number of halogens is 1. The molecule has 2 aromatic rings. The van der Waals surface area contributed by atoms with Gasteiger partial charge < -0.3 is 9.67 Å². The summed E-state index contributed by atoms with van der Waals surface area (Å²) in [7, 11) is 0. The predicted octanol–water partition coefficient (Wildman–Crippen LogP) is 2.23. The summed E-state index contributed by atoms with van der Waals surface area (Å²) >= 11 is 6.01. The minimum absolute atomic E-state index is 0.190. The van der Waals surface area contributed by atoms with Crippen molar-refractivity contribution < 1.29 is 5.11 Å². The van der Waals surface area contributed by atoms with Gasteiger partial charge in [-0.3, -0.25) is 0 Å². The summed E-state index contributed by atoms with van der Waals surface area (Å²) in [6.07, 6.45) is 6.99. The van der Waals surface area contributed by atoms with Crippen molar-refractivity contribution >= 4 is 22.8 Å². The summed E-state index contributed by atoms with van der Waals surface area (Å²) in [6, 6.07) is 0.274. The van der Waals surface area contributed by atoms with E-state index in [4.69, 9.17) is 11.6 Å². The number of aromatic nitrogens is 4. The minimum Gasteiger partial charge on any atom is -0.396 e. The molecule has 1 aliphatic rings. The Morgan fingerprint density at radius 1 is 1.42 bits per heavy atom. The van der Waals surface area contributed by atoms with Gasteiger partial charge in [0.15, 0.2) is 10.8 Å². The van der Waals surface area contributed by atoms with Crippen LogP contribution < -0.4 is 0 Å². The third kappa shape index (κ3) is 2.03. The van der Waals surface area contributed by atoms with E-state index in [9.17, 15) is 5.11 Å². The Kier molecular flexibility index (Phi) is 3.24. The van der Waals surface area contributed by atoms with Crippen molar-refractivity contribution in [3.63, 3.8) is 0 Å². The lowest BCUT2D eigenvalue weighted by Gasteiger charge is -2.12. The largest absolute Gasteiger partial charge is 0.396 e. The summed E-state index contributed by atoms with van der Waals surface area (Å²) in [5.74, 6) is 0.599. The maximum atomic E-state index is 9.42. The van der Waals surface area contributed by atoms with E-state index in [0.29, 0.717) is 16.6 Å². The van der Waals surface area contributed by atoms with Crippen LogP contribution >= 0.6 is 11.6 Å². The highest BCUT2D eigenvalue weighted by Gasteiger charge is 2.33. The topological polar surface area (TPSA) is 63.8 Å². The summed E-state index contributed by atoms with van der Waals surface area (Å²) in [6.45, 7) is 4.04. The Hall–Kier alpha value is -1.46. The molecule has 2 heterocycles. The first-order valence-electron chi connectivity index (χ1n) is 6.31. The smallest absolute Gasteiger partial charge is 0.165 e. The summed E-state index contributed by atoms with van der Waals surface area (Å²) < 4.78 is 2.04. The Labute approximate surface area is 116 Å². The molecular weight excluding hydrogens is 264 g/mol. The normalized spacial score (nSPS) is 26.9. The molecule has 6 heteroatoms. The van der Waals surface area contributed by atoms with Crippen LogP contribution in [0.5, 0.6) is 0 Å². The number of nitrogens with zero attached hydrogens (tertiary/aromatic N) is 4. The van der Waals surface area contributed by atoms with Gasteiger partial charge in [0.1, 0.15) is 11.8 Å². The monoisotopic (exact) mass is 278 g/mol. The molecule has 0 spiro atoms. The number of fused-ring (bicyclic) bond motifs is 1. The average molecular weight is 279 g/mol. The minimum atomic E-state index is 0.190. The maximum Gasteiger partial charge on any atom is 0.165 e. The first-order valence-corrected chi connectivity index (χ1v) is 6.68. The quantitative estimate of drug-likeness (QED) is 0.691. The van der Waals surface area contributed by atoms with Crippen LogP contribution in [0.2, 0.25) is 5.15 Å². The molecule has 3 atom stereocenters. The van der Waals surface area contributed by atoms with E-state index >= 15 is 0 Å². The van der Waals surface area contributed by atoms with Crippen LogP contribution in [0.15, 0.2) is 25.3 Å². The zero-order chi connectivity index (χ0) is 13.4.